The SMILES string of the molecule is CCCCCCCCCCCCCCCCC(OCCCC)=C(COCOCOCC(OCCCC)=C(CCCCCCCCCCCCCCCC)OCCCC)OCCCC. The maximum Gasteiger partial charge on any atom is 0.159 e. The Bertz CT molecular complexity index is 876. The largest absolute Gasteiger partial charge is 0.494 e. The maximum atomic E-state index is 6.37. The highest BCUT2D eigenvalue weighted by molar-refractivity contribution is 5.03. The van der Waals surface area contributed by atoms with Gasteiger partial charge in [-0.2, -0.15) is 0 Å². The summed E-state index contributed by atoms with van der Waals surface area (Å²) < 4.78 is 43.3. The lowest BCUT2D eigenvalue weighted by atomic mass is 10.0. The molecule has 0 unspecified atom stereocenters. The van der Waals surface area contributed by atoms with Gasteiger partial charge in [-0.05, 0) is 38.5 Å². The van der Waals surface area contributed by atoms with Crippen molar-refractivity contribution < 1.29 is 33.2 Å². The highest BCUT2D eigenvalue weighted by Gasteiger charge is 2.14. The zero-order valence-corrected chi connectivity index (χ0v) is 43.4. The number of rotatable bonds is 54. The van der Waals surface area contributed by atoms with Crippen LogP contribution in [0.3, 0.4) is 0 Å². The number of hydrogen-bond donors (Lipinski definition) is 0. The lowest BCUT2D eigenvalue weighted by Crippen LogP contribution is -2.14. The van der Waals surface area contributed by atoms with Crippen LogP contribution in [0.15, 0.2) is 23.0 Å². The van der Waals surface area contributed by atoms with Gasteiger partial charge in [0.25, 0.3) is 0 Å². The molecule has 7 nitrogen and oxygen atoms in total. The third-order valence-corrected chi connectivity index (χ3v) is 12.0. The molecule has 0 aromatic rings. The fourth-order valence-electron chi connectivity index (χ4n) is 7.73. The molecule has 0 atom stereocenters. The summed E-state index contributed by atoms with van der Waals surface area (Å²) in [6.45, 7) is 17.1. The van der Waals surface area contributed by atoms with Crippen molar-refractivity contribution in [3.05, 3.63) is 23.0 Å². The number of allylic oxidation sites excluding steroid dienone is 2. The Morgan fingerprint density at radius 3 is 0.698 bits per heavy atom. The van der Waals surface area contributed by atoms with Crippen molar-refractivity contribution in [2.75, 3.05) is 53.2 Å². The van der Waals surface area contributed by atoms with Crippen LogP contribution in [0, 0.1) is 0 Å². The summed E-state index contributed by atoms with van der Waals surface area (Å²) in [6.07, 6.45) is 48.2. The molecule has 0 spiro atoms. The van der Waals surface area contributed by atoms with Gasteiger partial charge in [0.15, 0.2) is 11.5 Å². The number of unbranched alkanes of at least 4 members (excludes halogenated alkanes) is 30. The van der Waals surface area contributed by atoms with Gasteiger partial charge in [0.1, 0.15) is 38.3 Å². The van der Waals surface area contributed by atoms with Gasteiger partial charge in [0, 0.05) is 12.8 Å². The van der Waals surface area contributed by atoms with Crippen molar-refractivity contribution in [1.29, 1.82) is 0 Å². The zero-order chi connectivity index (χ0) is 45.8. The minimum absolute atomic E-state index is 0.121. The Labute approximate surface area is 393 Å². The average molecular weight is 895 g/mol. The molecule has 0 saturated carbocycles. The van der Waals surface area contributed by atoms with E-state index in [1.165, 1.54) is 167 Å². The maximum absolute atomic E-state index is 6.37. The summed E-state index contributed by atoms with van der Waals surface area (Å²) in [5.74, 6) is 3.57. The van der Waals surface area contributed by atoms with Gasteiger partial charge < -0.3 is 33.2 Å². The molecular formula is C56H110O7. The van der Waals surface area contributed by atoms with E-state index in [0.29, 0.717) is 26.4 Å². The van der Waals surface area contributed by atoms with E-state index in [1.807, 2.05) is 0 Å². The lowest BCUT2D eigenvalue weighted by Gasteiger charge is -2.19. The summed E-state index contributed by atoms with van der Waals surface area (Å²) in [5, 5.41) is 0. The van der Waals surface area contributed by atoms with Crippen molar-refractivity contribution in [2.45, 2.75) is 286 Å². The van der Waals surface area contributed by atoms with Gasteiger partial charge in [0.05, 0.1) is 26.4 Å². The van der Waals surface area contributed by atoms with Crippen molar-refractivity contribution in [1.82, 2.24) is 0 Å². The standard InChI is InChI=1S/C56H110O7/c1-7-13-19-21-23-25-27-29-31-33-35-37-39-41-43-53(60-45-15-9-3)55(62-47-17-11-5)49-57-51-59-52-58-50-56(63-48-18-12-6)54(61-46-16-10-4)44-42-40-38-36-34-32-30-28-26-24-22-20-14-8-2/h7-52H2,1-6H3. The summed E-state index contributed by atoms with van der Waals surface area (Å²) in [6, 6.07) is 0. The van der Waals surface area contributed by atoms with Gasteiger partial charge in [-0.15, -0.1) is 0 Å². The van der Waals surface area contributed by atoms with Crippen LogP contribution in [0.2, 0.25) is 0 Å². The molecule has 0 saturated heterocycles. The second kappa shape index (κ2) is 53.2. The summed E-state index contributed by atoms with van der Waals surface area (Å²) in [4.78, 5) is 0. The van der Waals surface area contributed by atoms with E-state index >= 15 is 0 Å². The first-order valence-electron chi connectivity index (χ1n) is 27.9. The van der Waals surface area contributed by atoms with E-state index < -0.39 is 0 Å². The molecule has 0 radical (unpaired) electrons. The fraction of sp³-hybridized carbons (Fsp3) is 0.929. The van der Waals surface area contributed by atoms with Crippen LogP contribution >= 0.6 is 0 Å². The zero-order valence-electron chi connectivity index (χ0n) is 43.4. The van der Waals surface area contributed by atoms with Crippen molar-refractivity contribution >= 4 is 0 Å². The van der Waals surface area contributed by atoms with Crippen LogP contribution in [0.4, 0.5) is 0 Å². The Morgan fingerprint density at radius 1 is 0.222 bits per heavy atom. The molecule has 0 aromatic carbocycles. The summed E-state index contributed by atoms with van der Waals surface area (Å²) >= 11 is 0. The van der Waals surface area contributed by atoms with E-state index in [4.69, 9.17) is 33.2 Å². The van der Waals surface area contributed by atoms with E-state index in [9.17, 15) is 0 Å². The summed E-state index contributed by atoms with van der Waals surface area (Å²) in [7, 11) is 0. The molecule has 376 valence electrons. The molecule has 0 rings (SSSR count). The molecule has 0 aromatic heterocycles. The fourth-order valence-corrected chi connectivity index (χ4v) is 7.73. The Balaban J connectivity index is 4.93. The highest BCUT2D eigenvalue weighted by Crippen LogP contribution is 2.22. The van der Waals surface area contributed by atoms with Gasteiger partial charge >= 0.3 is 0 Å². The third-order valence-electron chi connectivity index (χ3n) is 12.0. The molecular weight excluding hydrogens is 785 g/mol. The monoisotopic (exact) mass is 895 g/mol. The minimum Gasteiger partial charge on any atom is -0.494 e. The summed E-state index contributed by atoms with van der Waals surface area (Å²) in [5.41, 5.74) is 0. The molecule has 7 heteroatoms. The van der Waals surface area contributed by atoms with Gasteiger partial charge in [-0.25, -0.2) is 0 Å². The second-order valence-corrected chi connectivity index (χ2v) is 18.3. The van der Waals surface area contributed by atoms with Crippen LogP contribution in [-0.4, -0.2) is 53.2 Å². The van der Waals surface area contributed by atoms with Crippen molar-refractivity contribution in [2.24, 2.45) is 0 Å². The molecule has 0 heterocycles. The first-order chi connectivity index (χ1) is 31.2. The Hall–Kier alpha value is -1.44. The molecule has 0 N–H and O–H groups in total. The van der Waals surface area contributed by atoms with E-state index in [2.05, 4.69) is 41.5 Å². The van der Waals surface area contributed by atoms with Crippen LogP contribution in [-0.2, 0) is 33.2 Å². The third kappa shape index (κ3) is 44.2. The van der Waals surface area contributed by atoms with Gasteiger partial charge in [-0.1, -0.05) is 234 Å². The molecule has 0 bridgehead atoms. The highest BCUT2D eigenvalue weighted by atomic mass is 16.7. The van der Waals surface area contributed by atoms with Crippen molar-refractivity contribution in [3.63, 3.8) is 0 Å². The van der Waals surface area contributed by atoms with Gasteiger partial charge in [0.2, 0.25) is 0 Å². The topological polar surface area (TPSA) is 64.6 Å². The number of hydrogen-bond acceptors (Lipinski definition) is 7. The van der Waals surface area contributed by atoms with Gasteiger partial charge in [-0.3, -0.25) is 0 Å². The Kier molecular flexibility index (Phi) is 52.0. The van der Waals surface area contributed by atoms with E-state index in [0.717, 1.165) is 113 Å². The van der Waals surface area contributed by atoms with Crippen LogP contribution in [0.25, 0.3) is 0 Å². The van der Waals surface area contributed by atoms with E-state index in [1.54, 1.807) is 0 Å². The molecule has 63 heavy (non-hydrogen) atoms. The molecule has 0 aliphatic rings. The molecule has 0 fully saturated rings. The van der Waals surface area contributed by atoms with Crippen molar-refractivity contribution in [3.8, 4) is 0 Å². The smallest absolute Gasteiger partial charge is 0.159 e. The lowest BCUT2D eigenvalue weighted by molar-refractivity contribution is -0.132. The van der Waals surface area contributed by atoms with E-state index in [-0.39, 0.29) is 13.6 Å². The first kappa shape index (κ1) is 61.6. The van der Waals surface area contributed by atoms with Crippen LogP contribution in [0.5, 0.6) is 0 Å². The predicted molar refractivity (Wildman–Crippen MR) is 270 cm³/mol. The quantitative estimate of drug-likeness (QED) is 0.0342. The Morgan fingerprint density at radius 2 is 0.444 bits per heavy atom. The molecule has 0 amide bonds. The van der Waals surface area contributed by atoms with Crippen LogP contribution in [0.1, 0.15) is 286 Å². The molecule has 0 aliphatic carbocycles. The minimum atomic E-state index is 0.121. The first-order valence-corrected chi connectivity index (χ1v) is 27.9. The van der Waals surface area contributed by atoms with Crippen LogP contribution < -0.4 is 0 Å². The molecule has 0 aliphatic heterocycles. The number of ether oxygens (including phenoxy) is 7. The average Bonchev–Trinajstić information content (AvgIpc) is 3.29. The predicted octanol–water partition coefficient (Wildman–Crippen LogP) is 18.4. The normalized spacial score (nSPS) is 12.4. The second-order valence-electron chi connectivity index (χ2n) is 18.3.